The lowest BCUT2D eigenvalue weighted by atomic mass is 10.00. The van der Waals surface area contributed by atoms with Crippen LogP contribution in [0.15, 0.2) is 102 Å². The van der Waals surface area contributed by atoms with Gasteiger partial charge in [0.05, 0.1) is 18.5 Å². The number of benzene rings is 3. The Kier molecular flexibility index (Phi) is 11.9. The Morgan fingerprint density at radius 1 is 0.960 bits per heavy atom. The van der Waals surface area contributed by atoms with Gasteiger partial charge in [-0.2, -0.15) is 0 Å². The van der Waals surface area contributed by atoms with Gasteiger partial charge in [-0.1, -0.05) is 51.5 Å². The van der Waals surface area contributed by atoms with Crippen molar-refractivity contribution in [1.29, 1.82) is 0 Å². The fourth-order valence-corrected chi connectivity index (χ4v) is 7.00. The Balaban J connectivity index is 1.12. The summed E-state index contributed by atoms with van der Waals surface area (Å²) in [6.45, 7) is 12.4. The minimum atomic E-state index is -0.0607. The maximum absolute atomic E-state index is 13.7. The third kappa shape index (κ3) is 9.17. The molecule has 0 radical (unpaired) electrons. The lowest BCUT2D eigenvalue weighted by Gasteiger charge is -2.27. The van der Waals surface area contributed by atoms with Crippen LogP contribution in [0.2, 0.25) is 0 Å². The van der Waals surface area contributed by atoms with Crippen LogP contribution in [0.1, 0.15) is 56.9 Å². The first-order valence-electron chi connectivity index (χ1n) is 17.7. The van der Waals surface area contributed by atoms with Crippen molar-refractivity contribution in [3.05, 3.63) is 114 Å². The summed E-state index contributed by atoms with van der Waals surface area (Å²) >= 11 is 1.76. The van der Waals surface area contributed by atoms with E-state index in [4.69, 9.17) is 9.47 Å². The van der Waals surface area contributed by atoms with Gasteiger partial charge < -0.3 is 24.1 Å². The maximum atomic E-state index is 13.7. The zero-order chi connectivity index (χ0) is 34.9. The van der Waals surface area contributed by atoms with E-state index in [-0.39, 0.29) is 5.91 Å². The number of unbranched alkanes of at least 4 members (excludes halogenated alkanes) is 1. The molecule has 1 aliphatic heterocycles. The molecule has 2 aromatic heterocycles. The molecule has 1 amide bonds. The highest BCUT2D eigenvalue weighted by Crippen LogP contribution is 2.34. The molecule has 1 aliphatic rings. The van der Waals surface area contributed by atoms with Gasteiger partial charge >= 0.3 is 0 Å². The number of hydrogen-bond donors (Lipinski definition) is 1. The summed E-state index contributed by atoms with van der Waals surface area (Å²) in [6.07, 6.45) is 9.02. The molecule has 3 aromatic carbocycles. The van der Waals surface area contributed by atoms with Gasteiger partial charge in [-0.3, -0.25) is 4.79 Å². The number of carbonyl (C=O) groups excluding carboxylic acids is 1. The summed E-state index contributed by atoms with van der Waals surface area (Å²) in [7, 11) is 0. The maximum Gasteiger partial charge on any atom is 0.251 e. The Hall–Kier alpha value is -4.53. The summed E-state index contributed by atoms with van der Waals surface area (Å²) in [6, 6.07) is 27.0. The van der Waals surface area contributed by atoms with Gasteiger partial charge in [0.2, 0.25) is 0 Å². The summed E-state index contributed by atoms with van der Waals surface area (Å²) in [5.74, 6) is 2.08. The van der Waals surface area contributed by atoms with Crippen LogP contribution in [0.4, 0.5) is 11.4 Å². The Labute approximate surface area is 300 Å². The Bertz CT molecular complexity index is 1910. The molecule has 0 spiro atoms. The van der Waals surface area contributed by atoms with Crippen molar-refractivity contribution >= 4 is 40.8 Å². The molecule has 0 saturated heterocycles. The highest BCUT2D eigenvalue weighted by molar-refractivity contribution is 7.98. The summed E-state index contributed by atoms with van der Waals surface area (Å²) < 4.78 is 13.7. The lowest BCUT2D eigenvalue weighted by Crippen LogP contribution is -2.29. The molecule has 7 nitrogen and oxygen atoms in total. The van der Waals surface area contributed by atoms with Crippen LogP contribution >= 0.6 is 11.8 Å². The smallest absolute Gasteiger partial charge is 0.251 e. The van der Waals surface area contributed by atoms with Gasteiger partial charge in [-0.05, 0) is 109 Å². The van der Waals surface area contributed by atoms with Crippen molar-refractivity contribution in [2.24, 2.45) is 5.92 Å². The third-order valence-electron chi connectivity index (χ3n) is 8.78. The molecule has 1 N–H and O–H groups in total. The van der Waals surface area contributed by atoms with Gasteiger partial charge in [-0.25, -0.2) is 4.98 Å². The van der Waals surface area contributed by atoms with Crippen LogP contribution in [0.25, 0.3) is 22.9 Å². The number of amides is 1. The molecular formula is C42H48N4O3S. The first-order chi connectivity index (χ1) is 24.4. The summed E-state index contributed by atoms with van der Waals surface area (Å²) in [5, 5.41) is 3.16. The normalized spacial score (nSPS) is 12.9. The number of nitrogens with zero attached hydrogens (tertiary/aromatic N) is 3. The quantitative estimate of drug-likeness (QED) is 0.0873. The predicted octanol–water partition coefficient (Wildman–Crippen LogP) is 9.69. The number of fused-ring (bicyclic) bond motifs is 2. The van der Waals surface area contributed by atoms with E-state index in [1.54, 1.807) is 11.8 Å². The van der Waals surface area contributed by atoms with Crippen molar-refractivity contribution in [1.82, 2.24) is 9.38 Å². The Morgan fingerprint density at radius 2 is 1.76 bits per heavy atom. The lowest BCUT2D eigenvalue weighted by molar-refractivity contribution is -0.112. The van der Waals surface area contributed by atoms with Crippen LogP contribution in [-0.4, -0.2) is 48.2 Å². The van der Waals surface area contributed by atoms with E-state index in [9.17, 15) is 4.79 Å². The highest BCUT2D eigenvalue weighted by Gasteiger charge is 2.21. The molecule has 0 bridgehead atoms. The second-order valence-corrected chi connectivity index (χ2v) is 14.4. The number of ether oxygens (including phenoxy) is 2. The van der Waals surface area contributed by atoms with E-state index in [0.29, 0.717) is 25.6 Å². The van der Waals surface area contributed by atoms with Crippen LogP contribution in [0.5, 0.6) is 5.75 Å². The zero-order valence-electron chi connectivity index (χ0n) is 29.7. The van der Waals surface area contributed by atoms with E-state index in [0.717, 1.165) is 93.9 Å². The SMILES string of the molecule is CCCCOCCOc1ccc(-c2ccc3c(c2)C=C(C(=O)Nc2ccc(SCc4cnc5ccc(C)cn45)cc2)CCN3CC(C)C)cc1. The minimum absolute atomic E-state index is 0.0607. The topological polar surface area (TPSA) is 68.1 Å². The Morgan fingerprint density at radius 3 is 2.54 bits per heavy atom. The minimum Gasteiger partial charge on any atom is -0.491 e. The van der Waals surface area contributed by atoms with E-state index in [1.165, 1.54) is 5.56 Å². The molecule has 5 aromatic rings. The van der Waals surface area contributed by atoms with Gasteiger partial charge in [0.25, 0.3) is 5.91 Å². The van der Waals surface area contributed by atoms with Crippen molar-refractivity contribution in [2.45, 2.75) is 57.6 Å². The number of nitrogens with one attached hydrogen (secondary N) is 1. The molecule has 0 unspecified atom stereocenters. The van der Waals surface area contributed by atoms with Crippen LogP contribution < -0.4 is 15.0 Å². The van der Waals surface area contributed by atoms with Crippen molar-refractivity contribution in [2.75, 3.05) is 43.1 Å². The molecule has 3 heterocycles. The number of anilines is 2. The number of pyridine rings is 1. The molecule has 8 heteroatoms. The fraction of sp³-hybridized carbons (Fsp3) is 0.333. The first kappa shape index (κ1) is 35.3. The largest absolute Gasteiger partial charge is 0.491 e. The van der Waals surface area contributed by atoms with E-state index in [2.05, 4.69) is 108 Å². The molecule has 0 saturated carbocycles. The second-order valence-electron chi connectivity index (χ2n) is 13.3. The monoisotopic (exact) mass is 688 g/mol. The average molecular weight is 689 g/mol. The second kappa shape index (κ2) is 16.9. The number of rotatable bonds is 15. The van der Waals surface area contributed by atoms with E-state index >= 15 is 0 Å². The number of aryl methyl sites for hydroxylation is 1. The summed E-state index contributed by atoms with van der Waals surface area (Å²) in [4.78, 5) is 21.8. The van der Waals surface area contributed by atoms with Crippen molar-refractivity contribution in [3.8, 4) is 16.9 Å². The number of carbonyl (C=O) groups is 1. The molecule has 0 fully saturated rings. The van der Waals surface area contributed by atoms with Gasteiger partial charge in [-0.15, -0.1) is 11.8 Å². The van der Waals surface area contributed by atoms with Crippen LogP contribution in [0, 0.1) is 12.8 Å². The fourth-order valence-electron chi connectivity index (χ4n) is 6.14. The van der Waals surface area contributed by atoms with Crippen molar-refractivity contribution < 1.29 is 14.3 Å². The molecule has 6 rings (SSSR count). The molecule has 0 atom stereocenters. The predicted molar refractivity (Wildman–Crippen MR) is 207 cm³/mol. The molecule has 260 valence electrons. The molecule has 50 heavy (non-hydrogen) atoms. The van der Waals surface area contributed by atoms with Crippen LogP contribution in [0.3, 0.4) is 0 Å². The standard InChI is InChI=1S/C42H48N4O3S/c1-5-6-21-48-22-23-49-38-13-8-32(9-14-38)33-10-17-40-35(24-33)25-34(19-20-45(40)27-30(2)3)42(47)44-36-11-15-39(16-12-36)50-29-37-26-43-41-18-7-31(4)28-46(37)41/h7-18,24-26,28,30H,5-6,19-23,27,29H2,1-4H3,(H,44,47). The van der Waals surface area contributed by atoms with Gasteiger partial charge in [0, 0.05) is 53.5 Å². The number of thioether (sulfide) groups is 1. The zero-order valence-corrected chi connectivity index (χ0v) is 30.5. The third-order valence-corrected chi connectivity index (χ3v) is 9.83. The molecular weight excluding hydrogens is 641 g/mol. The highest BCUT2D eigenvalue weighted by atomic mass is 32.2. The van der Waals surface area contributed by atoms with E-state index < -0.39 is 0 Å². The van der Waals surface area contributed by atoms with E-state index in [1.807, 2.05) is 36.5 Å². The number of aromatic nitrogens is 2. The summed E-state index contributed by atoms with van der Waals surface area (Å²) in [5.41, 5.74) is 9.33. The molecule has 0 aliphatic carbocycles. The number of hydrogen-bond acceptors (Lipinski definition) is 6. The van der Waals surface area contributed by atoms with Gasteiger partial charge in [0.15, 0.2) is 0 Å². The van der Waals surface area contributed by atoms with Crippen molar-refractivity contribution in [3.63, 3.8) is 0 Å². The van der Waals surface area contributed by atoms with Crippen LogP contribution in [-0.2, 0) is 15.3 Å². The number of imidazole rings is 1. The first-order valence-corrected chi connectivity index (χ1v) is 18.7. The average Bonchev–Trinajstić information content (AvgIpc) is 3.43. The van der Waals surface area contributed by atoms with Gasteiger partial charge in [0.1, 0.15) is 18.0 Å².